The number of rotatable bonds is 3. The van der Waals surface area contributed by atoms with Crippen molar-refractivity contribution in [2.45, 2.75) is 19.8 Å². The van der Waals surface area contributed by atoms with Crippen molar-refractivity contribution >= 4 is 16.8 Å². The molecule has 2 rings (SSSR count). The van der Waals surface area contributed by atoms with Crippen LogP contribution < -0.4 is 0 Å². The van der Waals surface area contributed by atoms with Gasteiger partial charge in [0.1, 0.15) is 22.9 Å². The zero-order valence-electron chi connectivity index (χ0n) is 8.49. The molecule has 3 heteroatoms. The van der Waals surface area contributed by atoms with Gasteiger partial charge in [0.25, 0.3) is 0 Å². The molecule has 0 aliphatic rings. The number of phenols is 1. The van der Waals surface area contributed by atoms with Crippen molar-refractivity contribution in [3.8, 4) is 5.75 Å². The lowest BCUT2D eigenvalue weighted by Crippen LogP contribution is -1.98. The van der Waals surface area contributed by atoms with E-state index in [1.54, 1.807) is 24.3 Å². The number of ketones is 1. The summed E-state index contributed by atoms with van der Waals surface area (Å²) in [6, 6.07) is 6.68. The van der Waals surface area contributed by atoms with E-state index in [9.17, 15) is 9.90 Å². The molecule has 1 aromatic heterocycles. The van der Waals surface area contributed by atoms with Gasteiger partial charge in [-0.05, 0) is 24.3 Å². The SMILES string of the molecule is CCC(=O)Cc1cc2cc(O)ccc2o1. The van der Waals surface area contributed by atoms with Gasteiger partial charge in [-0.15, -0.1) is 0 Å². The molecule has 1 aromatic carbocycles. The topological polar surface area (TPSA) is 50.4 Å². The van der Waals surface area contributed by atoms with Gasteiger partial charge >= 0.3 is 0 Å². The quantitative estimate of drug-likeness (QED) is 0.836. The van der Waals surface area contributed by atoms with Gasteiger partial charge in [-0.2, -0.15) is 0 Å². The summed E-state index contributed by atoms with van der Waals surface area (Å²) in [4.78, 5) is 11.2. The van der Waals surface area contributed by atoms with Crippen LogP contribution >= 0.6 is 0 Å². The fourth-order valence-corrected chi connectivity index (χ4v) is 1.49. The zero-order valence-corrected chi connectivity index (χ0v) is 8.49. The molecule has 0 saturated heterocycles. The maximum atomic E-state index is 11.2. The Bertz CT molecular complexity index is 497. The molecular weight excluding hydrogens is 192 g/mol. The van der Waals surface area contributed by atoms with Gasteiger partial charge in [-0.3, -0.25) is 4.79 Å². The van der Waals surface area contributed by atoms with Crippen LogP contribution in [0.3, 0.4) is 0 Å². The molecule has 1 N–H and O–H groups in total. The third-order valence-electron chi connectivity index (χ3n) is 2.32. The van der Waals surface area contributed by atoms with Gasteiger partial charge in [-0.25, -0.2) is 0 Å². The van der Waals surface area contributed by atoms with Crippen molar-refractivity contribution in [2.24, 2.45) is 0 Å². The summed E-state index contributed by atoms with van der Waals surface area (Å²) in [5.41, 5.74) is 0.701. The van der Waals surface area contributed by atoms with Crippen molar-refractivity contribution in [3.05, 3.63) is 30.0 Å². The van der Waals surface area contributed by atoms with Crippen LogP contribution in [0.1, 0.15) is 19.1 Å². The van der Waals surface area contributed by atoms with Crippen molar-refractivity contribution in [1.29, 1.82) is 0 Å². The predicted octanol–water partition coefficient (Wildman–Crippen LogP) is 2.66. The highest BCUT2D eigenvalue weighted by Crippen LogP contribution is 2.23. The largest absolute Gasteiger partial charge is 0.508 e. The Labute approximate surface area is 87.3 Å². The minimum absolute atomic E-state index is 0.151. The molecule has 0 fully saturated rings. The van der Waals surface area contributed by atoms with Gasteiger partial charge in [-0.1, -0.05) is 6.92 Å². The molecule has 0 radical (unpaired) electrons. The maximum Gasteiger partial charge on any atom is 0.140 e. The first-order chi connectivity index (χ1) is 7.19. The number of carbonyl (C=O) groups excluding carboxylic acids is 1. The highest BCUT2D eigenvalue weighted by Gasteiger charge is 2.07. The third-order valence-corrected chi connectivity index (χ3v) is 2.32. The molecule has 0 aliphatic carbocycles. The Morgan fingerprint density at radius 2 is 2.20 bits per heavy atom. The van der Waals surface area contributed by atoms with Crippen LogP contribution in [-0.4, -0.2) is 10.9 Å². The molecule has 78 valence electrons. The number of carbonyl (C=O) groups is 1. The summed E-state index contributed by atoms with van der Waals surface area (Å²) in [6.45, 7) is 1.83. The Morgan fingerprint density at radius 3 is 2.93 bits per heavy atom. The summed E-state index contributed by atoms with van der Waals surface area (Å²) in [6.07, 6.45) is 0.842. The number of furan rings is 1. The fraction of sp³-hybridized carbons (Fsp3) is 0.250. The number of fused-ring (bicyclic) bond motifs is 1. The van der Waals surface area contributed by atoms with E-state index in [1.807, 2.05) is 6.92 Å². The van der Waals surface area contributed by atoms with E-state index < -0.39 is 0 Å². The Morgan fingerprint density at radius 1 is 1.40 bits per heavy atom. The minimum atomic E-state index is 0.151. The predicted molar refractivity (Wildman–Crippen MR) is 56.9 cm³/mol. The highest BCUT2D eigenvalue weighted by atomic mass is 16.3. The van der Waals surface area contributed by atoms with Crippen LogP contribution in [0.2, 0.25) is 0 Å². The van der Waals surface area contributed by atoms with E-state index in [0.717, 1.165) is 5.39 Å². The van der Waals surface area contributed by atoms with Crippen LogP contribution in [0.15, 0.2) is 28.7 Å². The first-order valence-corrected chi connectivity index (χ1v) is 4.92. The van der Waals surface area contributed by atoms with Gasteiger partial charge in [0.2, 0.25) is 0 Å². The molecule has 0 aliphatic heterocycles. The maximum absolute atomic E-state index is 11.2. The smallest absolute Gasteiger partial charge is 0.140 e. The molecule has 0 atom stereocenters. The Kier molecular flexibility index (Phi) is 2.46. The molecule has 0 spiro atoms. The third kappa shape index (κ3) is 2.01. The van der Waals surface area contributed by atoms with Crippen LogP contribution in [-0.2, 0) is 11.2 Å². The lowest BCUT2D eigenvalue weighted by molar-refractivity contribution is -0.118. The summed E-state index contributed by atoms with van der Waals surface area (Å²) >= 11 is 0. The molecular formula is C12H12O3. The van der Waals surface area contributed by atoms with Gasteiger partial charge < -0.3 is 9.52 Å². The van der Waals surface area contributed by atoms with Gasteiger partial charge in [0, 0.05) is 11.8 Å². The number of benzene rings is 1. The van der Waals surface area contributed by atoms with E-state index in [4.69, 9.17) is 4.42 Å². The Balaban J connectivity index is 2.34. The number of phenolic OH excluding ortho intramolecular Hbond substituents is 1. The standard InChI is InChI=1S/C12H12O3/c1-2-9(13)7-11-6-8-5-10(14)3-4-12(8)15-11/h3-6,14H,2,7H2,1H3. The number of hydrogen-bond acceptors (Lipinski definition) is 3. The first-order valence-electron chi connectivity index (χ1n) is 4.92. The average molecular weight is 204 g/mol. The second kappa shape index (κ2) is 3.77. The molecule has 0 unspecified atom stereocenters. The normalized spacial score (nSPS) is 10.7. The summed E-state index contributed by atoms with van der Waals surface area (Å²) in [5.74, 6) is 1.01. The van der Waals surface area contributed by atoms with Crippen molar-refractivity contribution in [2.75, 3.05) is 0 Å². The summed E-state index contributed by atoms with van der Waals surface area (Å²) < 4.78 is 5.46. The van der Waals surface area contributed by atoms with Crippen LogP contribution in [0, 0.1) is 0 Å². The van der Waals surface area contributed by atoms with Crippen LogP contribution in [0.25, 0.3) is 11.0 Å². The molecule has 15 heavy (non-hydrogen) atoms. The van der Waals surface area contributed by atoms with E-state index in [-0.39, 0.29) is 11.5 Å². The minimum Gasteiger partial charge on any atom is -0.508 e. The van der Waals surface area contributed by atoms with Crippen LogP contribution in [0.4, 0.5) is 0 Å². The van der Waals surface area contributed by atoms with Gasteiger partial charge in [0.05, 0.1) is 6.42 Å². The zero-order chi connectivity index (χ0) is 10.8. The molecule has 0 saturated carbocycles. The fourth-order valence-electron chi connectivity index (χ4n) is 1.49. The number of hydrogen-bond donors (Lipinski definition) is 1. The molecule has 0 bridgehead atoms. The average Bonchev–Trinajstić information content (AvgIpc) is 2.59. The van der Waals surface area contributed by atoms with E-state index in [0.29, 0.717) is 24.2 Å². The van der Waals surface area contributed by atoms with E-state index >= 15 is 0 Å². The highest BCUT2D eigenvalue weighted by molar-refractivity contribution is 5.83. The van der Waals surface area contributed by atoms with Crippen molar-refractivity contribution < 1.29 is 14.3 Å². The van der Waals surface area contributed by atoms with E-state index in [2.05, 4.69) is 0 Å². The number of aromatic hydroxyl groups is 1. The molecule has 3 nitrogen and oxygen atoms in total. The molecule has 2 aromatic rings. The van der Waals surface area contributed by atoms with Crippen molar-refractivity contribution in [1.82, 2.24) is 0 Å². The molecule has 1 heterocycles. The van der Waals surface area contributed by atoms with E-state index in [1.165, 1.54) is 0 Å². The lowest BCUT2D eigenvalue weighted by Gasteiger charge is -1.91. The van der Waals surface area contributed by atoms with Crippen LogP contribution in [0.5, 0.6) is 5.75 Å². The Hall–Kier alpha value is -1.77. The molecule has 0 amide bonds. The second-order valence-corrected chi connectivity index (χ2v) is 3.50. The van der Waals surface area contributed by atoms with Crippen molar-refractivity contribution in [3.63, 3.8) is 0 Å². The second-order valence-electron chi connectivity index (χ2n) is 3.50. The summed E-state index contributed by atoms with van der Waals surface area (Å²) in [5, 5.41) is 10.1. The first kappa shape index (κ1) is 9.77. The monoisotopic (exact) mass is 204 g/mol. The van der Waals surface area contributed by atoms with Gasteiger partial charge in [0.15, 0.2) is 0 Å². The lowest BCUT2D eigenvalue weighted by atomic mass is 10.2. The number of Topliss-reactive ketones (excluding diaryl/α,β-unsaturated/α-hetero) is 1. The summed E-state index contributed by atoms with van der Waals surface area (Å²) in [7, 11) is 0.